The third kappa shape index (κ3) is 3.60. The summed E-state index contributed by atoms with van der Waals surface area (Å²) in [5.41, 5.74) is 1.02. The molecule has 84 valence electrons. The summed E-state index contributed by atoms with van der Waals surface area (Å²) in [5.74, 6) is -0.364. The Morgan fingerprint density at radius 1 is 1.40 bits per heavy atom. The van der Waals surface area contributed by atoms with E-state index in [1.807, 2.05) is 0 Å². The SMILES string of the molecule is Cc1ccc(C(C)OS(C)(=O)=O)cc1F. The zero-order valence-corrected chi connectivity index (χ0v) is 9.64. The third-order valence-corrected chi connectivity index (χ3v) is 2.62. The standard InChI is InChI=1S/C10H13FO3S/c1-7-4-5-9(6-10(7)11)8(2)14-15(3,12)13/h4-6,8H,1-3H3. The van der Waals surface area contributed by atoms with Gasteiger partial charge in [0.1, 0.15) is 5.82 Å². The summed E-state index contributed by atoms with van der Waals surface area (Å²) in [7, 11) is -3.52. The fourth-order valence-electron chi connectivity index (χ4n) is 1.18. The molecule has 0 heterocycles. The molecule has 1 atom stereocenters. The molecule has 0 aliphatic rings. The molecule has 0 radical (unpaired) electrons. The van der Waals surface area contributed by atoms with Gasteiger partial charge in [-0.25, -0.2) is 4.39 Å². The van der Waals surface area contributed by atoms with Crippen molar-refractivity contribution in [2.45, 2.75) is 20.0 Å². The second-order valence-electron chi connectivity index (χ2n) is 3.45. The summed E-state index contributed by atoms with van der Waals surface area (Å²) >= 11 is 0. The zero-order chi connectivity index (χ0) is 11.6. The molecule has 0 aromatic heterocycles. The van der Waals surface area contributed by atoms with E-state index in [4.69, 9.17) is 4.18 Å². The molecule has 0 saturated heterocycles. The maximum Gasteiger partial charge on any atom is 0.264 e. The first-order valence-electron chi connectivity index (χ1n) is 4.44. The van der Waals surface area contributed by atoms with Crippen molar-refractivity contribution in [3.8, 4) is 0 Å². The molecule has 1 unspecified atom stereocenters. The van der Waals surface area contributed by atoms with Gasteiger partial charge in [0.2, 0.25) is 0 Å². The molecule has 0 aliphatic heterocycles. The lowest BCUT2D eigenvalue weighted by Gasteiger charge is -2.11. The molecule has 0 N–H and O–H groups in total. The number of halogens is 1. The molecule has 3 nitrogen and oxygen atoms in total. The first-order chi connectivity index (χ1) is 6.79. The largest absolute Gasteiger partial charge is 0.264 e. The predicted molar refractivity (Wildman–Crippen MR) is 55.5 cm³/mol. The first kappa shape index (κ1) is 12.1. The van der Waals surface area contributed by atoms with Crippen molar-refractivity contribution in [1.29, 1.82) is 0 Å². The average Bonchev–Trinajstić information content (AvgIpc) is 2.06. The molecule has 0 bridgehead atoms. The van der Waals surface area contributed by atoms with Gasteiger partial charge in [-0.05, 0) is 31.0 Å². The van der Waals surface area contributed by atoms with Gasteiger partial charge in [-0.1, -0.05) is 12.1 Å². The predicted octanol–water partition coefficient (Wildman–Crippen LogP) is 2.17. The van der Waals surface area contributed by atoms with Crippen LogP contribution in [0.5, 0.6) is 0 Å². The highest BCUT2D eigenvalue weighted by Crippen LogP contribution is 2.20. The minimum absolute atomic E-state index is 0.364. The van der Waals surface area contributed by atoms with Gasteiger partial charge in [-0.2, -0.15) is 8.42 Å². The van der Waals surface area contributed by atoms with Crippen LogP contribution in [0, 0.1) is 12.7 Å². The van der Waals surface area contributed by atoms with E-state index in [0.717, 1.165) is 6.26 Å². The molecule has 0 amide bonds. The van der Waals surface area contributed by atoms with Gasteiger partial charge in [0, 0.05) is 0 Å². The third-order valence-electron chi connectivity index (χ3n) is 1.98. The Bertz CT molecular complexity index is 454. The van der Waals surface area contributed by atoms with Crippen LogP contribution in [-0.4, -0.2) is 14.7 Å². The molecular formula is C10H13FO3S. The monoisotopic (exact) mass is 232 g/mol. The summed E-state index contributed by atoms with van der Waals surface area (Å²) in [4.78, 5) is 0. The second kappa shape index (κ2) is 4.28. The van der Waals surface area contributed by atoms with Crippen molar-refractivity contribution in [3.63, 3.8) is 0 Å². The Morgan fingerprint density at radius 3 is 2.47 bits per heavy atom. The minimum Gasteiger partial charge on any atom is -0.262 e. The quantitative estimate of drug-likeness (QED) is 0.750. The van der Waals surface area contributed by atoms with Gasteiger partial charge in [-0.15, -0.1) is 0 Å². The van der Waals surface area contributed by atoms with E-state index in [1.54, 1.807) is 26.0 Å². The molecule has 1 aromatic carbocycles. The Balaban J connectivity index is 2.92. The van der Waals surface area contributed by atoms with Crippen LogP contribution in [0.1, 0.15) is 24.2 Å². The molecule has 5 heteroatoms. The van der Waals surface area contributed by atoms with E-state index in [1.165, 1.54) is 6.07 Å². The molecule has 15 heavy (non-hydrogen) atoms. The lowest BCUT2D eigenvalue weighted by molar-refractivity contribution is 0.236. The van der Waals surface area contributed by atoms with Gasteiger partial charge in [-0.3, -0.25) is 4.18 Å². The Kier molecular flexibility index (Phi) is 3.46. The maximum absolute atomic E-state index is 13.2. The van der Waals surface area contributed by atoms with Crippen molar-refractivity contribution in [3.05, 3.63) is 35.1 Å². The van der Waals surface area contributed by atoms with Gasteiger partial charge >= 0.3 is 0 Å². The zero-order valence-electron chi connectivity index (χ0n) is 8.82. The topological polar surface area (TPSA) is 43.4 Å². The maximum atomic E-state index is 13.2. The van der Waals surface area contributed by atoms with Gasteiger partial charge in [0.25, 0.3) is 10.1 Å². The van der Waals surface area contributed by atoms with E-state index in [-0.39, 0.29) is 5.82 Å². The lowest BCUT2D eigenvalue weighted by Crippen LogP contribution is -2.07. The van der Waals surface area contributed by atoms with Gasteiger partial charge in [0.15, 0.2) is 0 Å². The van der Waals surface area contributed by atoms with E-state index in [0.29, 0.717) is 11.1 Å². The van der Waals surface area contributed by atoms with E-state index in [2.05, 4.69) is 0 Å². The number of aryl methyl sites for hydroxylation is 1. The van der Waals surface area contributed by atoms with Crippen molar-refractivity contribution < 1.29 is 17.0 Å². The van der Waals surface area contributed by atoms with Crippen LogP contribution in [0.15, 0.2) is 18.2 Å². The molecule has 0 saturated carbocycles. The van der Waals surface area contributed by atoms with E-state index in [9.17, 15) is 12.8 Å². The summed E-state index contributed by atoms with van der Waals surface area (Å²) in [6, 6.07) is 4.52. The van der Waals surface area contributed by atoms with Crippen LogP contribution in [0.25, 0.3) is 0 Å². The Morgan fingerprint density at radius 2 is 2.00 bits per heavy atom. The lowest BCUT2D eigenvalue weighted by atomic mass is 10.1. The summed E-state index contributed by atoms with van der Waals surface area (Å²) in [5, 5.41) is 0. The molecule has 0 spiro atoms. The highest BCUT2D eigenvalue weighted by atomic mass is 32.2. The Hall–Kier alpha value is -0.940. The van der Waals surface area contributed by atoms with Crippen LogP contribution in [0.2, 0.25) is 0 Å². The number of hydrogen-bond acceptors (Lipinski definition) is 3. The number of benzene rings is 1. The molecule has 0 fully saturated rings. The first-order valence-corrected chi connectivity index (χ1v) is 6.25. The van der Waals surface area contributed by atoms with Crippen molar-refractivity contribution in [2.75, 3.05) is 6.26 Å². The number of hydrogen-bond donors (Lipinski definition) is 0. The van der Waals surface area contributed by atoms with Crippen molar-refractivity contribution in [1.82, 2.24) is 0 Å². The van der Waals surface area contributed by atoms with Crippen molar-refractivity contribution in [2.24, 2.45) is 0 Å². The van der Waals surface area contributed by atoms with Gasteiger partial charge < -0.3 is 0 Å². The minimum atomic E-state index is -3.52. The highest BCUT2D eigenvalue weighted by molar-refractivity contribution is 7.86. The molecule has 1 rings (SSSR count). The van der Waals surface area contributed by atoms with E-state index < -0.39 is 16.2 Å². The fourth-order valence-corrected chi connectivity index (χ4v) is 1.82. The molecular weight excluding hydrogens is 219 g/mol. The summed E-state index contributed by atoms with van der Waals surface area (Å²) in [6.07, 6.45) is 0.295. The smallest absolute Gasteiger partial charge is 0.262 e. The van der Waals surface area contributed by atoms with Gasteiger partial charge in [0.05, 0.1) is 12.4 Å². The van der Waals surface area contributed by atoms with Crippen LogP contribution < -0.4 is 0 Å². The van der Waals surface area contributed by atoms with Crippen LogP contribution in [-0.2, 0) is 14.3 Å². The average molecular weight is 232 g/mol. The van der Waals surface area contributed by atoms with Crippen molar-refractivity contribution >= 4 is 10.1 Å². The fraction of sp³-hybridized carbons (Fsp3) is 0.400. The number of rotatable bonds is 3. The molecule has 1 aromatic rings. The van der Waals surface area contributed by atoms with E-state index >= 15 is 0 Å². The second-order valence-corrected chi connectivity index (χ2v) is 5.05. The summed E-state index contributed by atoms with van der Waals surface area (Å²) in [6.45, 7) is 3.20. The Labute approximate surface area is 89.0 Å². The van der Waals surface area contributed by atoms with Crippen LogP contribution >= 0.6 is 0 Å². The van der Waals surface area contributed by atoms with Crippen LogP contribution in [0.3, 0.4) is 0 Å². The van der Waals surface area contributed by atoms with Crippen LogP contribution in [0.4, 0.5) is 4.39 Å². The normalized spacial score (nSPS) is 13.9. The highest BCUT2D eigenvalue weighted by Gasteiger charge is 2.13. The summed E-state index contributed by atoms with van der Waals surface area (Å²) < 4.78 is 39.6. The molecule has 0 aliphatic carbocycles.